The number of hydrogen-bond donors (Lipinski definition) is 1. The number of imidazole rings is 1. The lowest BCUT2D eigenvalue weighted by Gasteiger charge is -1.96. The molecule has 0 amide bonds. The highest BCUT2D eigenvalue weighted by molar-refractivity contribution is 6.20. The smallest absolute Gasteiger partial charge is 0.108 e. The Kier molecular flexibility index (Phi) is 2.23. The van der Waals surface area contributed by atoms with Crippen LogP contribution in [0, 0.1) is 0 Å². The highest BCUT2D eigenvalue weighted by Gasteiger charge is 2.04. The van der Waals surface area contributed by atoms with Gasteiger partial charge >= 0.3 is 0 Å². The predicted octanol–water partition coefficient (Wildman–Crippen LogP) is 2.73. The monoisotopic (exact) mass is 194 g/mol. The summed E-state index contributed by atoms with van der Waals surface area (Å²) in [6, 6.07) is 7.99. The van der Waals surface area contributed by atoms with Crippen molar-refractivity contribution in [2.75, 3.05) is 0 Å². The van der Waals surface area contributed by atoms with Crippen LogP contribution in [0.5, 0.6) is 0 Å². The molecule has 0 bridgehead atoms. The molecular formula is C10H11ClN2. The van der Waals surface area contributed by atoms with Gasteiger partial charge in [-0.2, -0.15) is 0 Å². The summed E-state index contributed by atoms with van der Waals surface area (Å²) in [6.45, 7) is 1.97. The Morgan fingerprint density at radius 1 is 1.46 bits per heavy atom. The van der Waals surface area contributed by atoms with Crippen LogP contribution in [-0.2, 0) is 6.42 Å². The number of halogens is 1. The summed E-state index contributed by atoms with van der Waals surface area (Å²) in [4.78, 5) is 7.64. The Bertz CT molecular complexity index is 373. The number of benzene rings is 1. The Morgan fingerprint density at radius 3 is 2.92 bits per heavy atom. The summed E-state index contributed by atoms with van der Waals surface area (Å²) in [5, 5.41) is 0.126. The number of alkyl halides is 1. The minimum Gasteiger partial charge on any atom is -0.342 e. The van der Waals surface area contributed by atoms with Crippen LogP contribution in [0.15, 0.2) is 24.3 Å². The molecule has 0 aliphatic carbocycles. The molecule has 0 aliphatic rings. The average Bonchev–Trinajstić information content (AvgIpc) is 2.44. The van der Waals surface area contributed by atoms with Crippen molar-refractivity contribution in [3.05, 3.63) is 30.1 Å². The fraction of sp³-hybridized carbons (Fsp3) is 0.300. The van der Waals surface area contributed by atoms with Gasteiger partial charge in [0.25, 0.3) is 0 Å². The van der Waals surface area contributed by atoms with Crippen LogP contribution in [0.2, 0.25) is 0 Å². The van der Waals surface area contributed by atoms with E-state index in [1.807, 2.05) is 31.2 Å². The van der Waals surface area contributed by atoms with Crippen molar-refractivity contribution in [3.8, 4) is 0 Å². The second kappa shape index (κ2) is 3.38. The molecule has 13 heavy (non-hydrogen) atoms. The molecule has 2 nitrogen and oxygen atoms in total. The van der Waals surface area contributed by atoms with Crippen LogP contribution in [0.4, 0.5) is 0 Å². The first kappa shape index (κ1) is 8.57. The molecule has 1 aromatic carbocycles. The molecule has 1 unspecified atom stereocenters. The number of para-hydroxylation sites is 2. The van der Waals surface area contributed by atoms with E-state index in [4.69, 9.17) is 11.6 Å². The maximum absolute atomic E-state index is 5.88. The van der Waals surface area contributed by atoms with Crippen molar-refractivity contribution in [1.29, 1.82) is 0 Å². The molecule has 3 heteroatoms. The SMILES string of the molecule is CC(Cl)Cc1nc2ccccc2[nH]1. The lowest BCUT2D eigenvalue weighted by Crippen LogP contribution is -1.98. The summed E-state index contributed by atoms with van der Waals surface area (Å²) in [6.07, 6.45) is 0.788. The van der Waals surface area contributed by atoms with Crippen LogP contribution < -0.4 is 0 Å². The second-order valence-corrected chi connectivity index (χ2v) is 3.93. The summed E-state index contributed by atoms with van der Waals surface area (Å²) < 4.78 is 0. The van der Waals surface area contributed by atoms with Crippen LogP contribution in [0.25, 0.3) is 11.0 Å². The largest absolute Gasteiger partial charge is 0.342 e. The number of rotatable bonds is 2. The molecule has 0 fully saturated rings. The van der Waals surface area contributed by atoms with Crippen LogP contribution in [0.3, 0.4) is 0 Å². The summed E-state index contributed by atoms with van der Waals surface area (Å²) in [5.74, 6) is 0.962. The number of aromatic amines is 1. The summed E-state index contributed by atoms with van der Waals surface area (Å²) in [5.41, 5.74) is 2.09. The minimum absolute atomic E-state index is 0.126. The van der Waals surface area contributed by atoms with Crippen molar-refractivity contribution >= 4 is 22.6 Å². The van der Waals surface area contributed by atoms with Gasteiger partial charge in [0.15, 0.2) is 0 Å². The number of fused-ring (bicyclic) bond motifs is 1. The molecule has 0 aliphatic heterocycles. The van der Waals surface area contributed by atoms with Gasteiger partial charge in [-0.15, -0.1) is 11.6 Å². The van der Waals surface area contributed by atoms with Gasteiger partial charge < -0.3 is 4.98 Å². The van der Waals surface area contributed by atoms with Crippen molar-refractivity contribution in [3.63, 3.8) is 0 Å². The van der Waals surface area contributed by atoms with Gasteiger partial charge in [0.1, 0.15) is 5.82 Å². The van der Waals surface area contributed by atoms with Gasteiger partial charge in [0.05, 0.1) is 11.0 Å². The van der Waals surface area contributed by atoms with E-state index in [0.29, 0.717) is 0 Å². The number of aromatic nitrogens is 2. The van der Waals surface area contributed by atoms with Crippen LogP contribution in [0.1, 0.15) is 12.7 Å². The summed E-state index contributed by atoms with van der Waals surface area (Å²) >= 11 is 5.88. The van der Waals surface area contributed by atoms with E-state index in [1.165, 1.54) is 0 Å². The van der Waals surface area contributed by atoms with Gasteiger partial charge in [-0.3, -0.25) is 0 Å². The highest BCUT2D eigenvalue weighted by atomic mass is 35.5. The molecule has 0 saturated carbocycles. The molecular weight excluding hydrogens is 184 g/mol. The normalized spacial score (nSPS) is 13.4. The molecule has 2 rings (SSSR count). The van der Waals surface area contributed by atoms with Crippen LogP contribution >= 0.6 is 11.6 Å². The number of nitrogens with zero attached hydrogens (tertiary/aromatic N) is 1. The first-order valence-corrected chi connectivity index (χ1v) is 4.77. The maximum Gasteiger partial charge on any atom is 0.108 e. The van der Waals surface area contributed by atoms with E-state index in [2.05, 4.69) is 9.97 Å². The lowest BCUT2D eigenvalue weighted by atomic mass is 10.3. The third kappa shape index (κ3) is 1.83. The van der Waals surface area contributed by atoms with Gasteiger partial charge in [-0.25, -0.2) is 4.98 Å². The Labute approximate surface area is 81.9 Å². The highest BCUT2D eigenvalue weighted by Crippen LogP contribution is 2.12. The fourth-order valence-corrected chi connectivity index (χ4v) is 1.51. The van der Waals surface area contributed by atoms with E-state index in [-0.39, 0.29) is 5.38 Å². The molecule has 0 saturated heterocycles. The lowest BCUT2D eigenvalue weighted by molar-refractivity contribution is 0.870. The number of H-pyrrole nitrogens is 1. The zero-order valence-corrected chi connectivity index (χ0v) is 8.17. The van der Waals surface area contributed by atoms with Crippen molar-refractivity contribution in [2.24, 2.45) is 0 Å². The molecule has 0 spiro atoms. The molecule has 1 N–H and O–H groups in total. The molecule has 2 aromatic rings. The minimum atomic E-state index is 0.126. The maximum atomic E-state index is 5.88. The average molecular weight is 195 g/mol. The van der Waals surface area contributed by atoms with Gasteiger partial charge in [0.2, 0.25) is 0 Å². The first-order valence-electron chi connectivity index (χ1n) is 4.33. The summed E-state index contributed by atoms with van der Waals surface area (Å²) in [7, 11) is 0. The second-order valence-electron chi connectivity index (χ2n) is 3.19. The van der Waals surface area contributed by atoms with Crippen molar-refractivity contribution in [2.45, 2.75) is 18.7 Å². The third-order valence-electron chi connectivity index (χ3n) is 1.91. The van der Waals surface area contributed by atoms with E-state index >= 15 is 0 Å². The number of hydrogen-bond acceptors (Lipinski definition) is 1. The van der Waals surface area contributed by atoms with Gasteiger partial charge in [0, 0.05) is 11.8 Å². The Morgan fingerprint density at radius 2 is 2.23 bits per heavy atom. The number of nitrogens with one attached hydrogen (secondary N) is 1. The molecule has 1 heterocycles. The van der Waals surface area contributed by atoms with E-state index in [0.717, 1.165) is 23.3 Å². The van der Waals surface area contributed by atoms with Crippen molar-refractivity contribution < 1.29 is 0 Å². The quantitative estimate of drug-likeness (QED) is 0.732. The molecule has 1 aromatic heterocycles. The van der Waals surface area contributed by atoms with E-state index in [9.17, 15) is 0 Å². The van der Waals surface area contributed by atoms with E-state index in [1.54, 1.807) is 0 Å². The Balaban J connectivity index is 2.38. The molecule has 1 atom stereocenters. The van der Waals surface area contributed by atoms with E-state index < -0.39 is 0 Å². The zero-order chi connectivity index (χ0) is 9.26. The molecule has 0 radical (unpaired) electrons. The Hall–Kier alpha value is -1.02. The van der Waals surface area contributed by atoms with Crippen LogP contribution in [-0.4, -0.2) is 15.3 Å². The predicted molar refractivity (Wildman–Crippen MR) is 55.1 cm³/mol. The molecule has 68 valence electrons. The third-order valence-corrected chi connectivity index (χ3v) is 2.07. The van der Waals surface area contributed by atoms with Crippen molar-refractivity contribution in [1.82, 2.24) is 9.97 Å². The topological polar surface area (TPSA) is 28.7 Å². The first-order chi connectivity index (χ1) is 6.25. The zero-order valence-electron chi connectivity index (χ0n) is 7.42. The van der Waals surface area contributed by atoms with Gasteiger partial charge in [-0.05, 0) is 19.1 Å². The fourth-order valence-electron chi connectivity index (χ4n) is 1.37. The van der Waals surface area contributed by atoms with Gasteiger partial charge in [-0.1, -0.05) is 12.1 Å². The standard InChI is InChI=1S/C10H11ClN2/c1-7(11)6-10-12-8-4-2-3-5-9(8)13-10/h2-5,7H,6H2,1H3,(H,12,13).